The third-order valence-corrected chi connectivity index (χ3v) is 7.21. The number of sulfone groups is 1. The van der Waals surface area contributed by atoms with Crippen LogP contribution >= 0.6 is 0 Å². The van der Waals surface area contributed by atoms with Crippen molar-refractivity contribution in [3.63, 3.8) is 0 Å². The normalized spacial score (nSPS) is 31.3. The Labute approximate surface area is 126 Å². The number of piperazine rings is 1. The molecule has 2 rings (SSSR count). The highest BCUT2D eigenvalue weighted by Crippen LogP contribution is 2.28. The third-order valence-electron chi connectivity index (χ3n) is 4.95. The van der Waals surface area contributed by atoms with Crippen LogP contribution in [0.4, 0.5) is 0 Å². The van der Waals surface area contributed by atoms with Gasteiger partial charge in [-0.15, -0.1) is 0 Å². The maximum Gasteiger partial charge on any atom is 0.249 e. The van der Waals surface area contributed by atoms with Crippen molar-refractivity contribution >= 4 is 21.7 Å². The molecule has 2 aliphatic heterocycles. The van der Waals surface area contributed by atoms with Crippen molar-refractivity contribution in [3.05, 3.63) is 0 Å². The van der Waals surface area contributed by atoms with Crippen LogP contribution in [0, 0.1) is 0 Å². The van der Waals surface area contributed by atoms with Crippen molar-refractivity contribution < 1.29 is 18.0 Å². The van der Waals surface area contributed by atoms with E-state index in [2.05, 4.69) is 5.32 Å². The molecule has 0 aromatic rings. The summed E-state index contributed by atoms with van der Waals surface area (Å²) < 4.78 is 24.0. The molecule has 2 heterocycles. The van der Waals surface area contributed by atoms with E-state index in [0.29, 0.717) is 25.7 Å². The van der Waals surface area contributed by atoms with Crippen LogP contribution in [0.3, 0.4) is 0 Å². The van der Waals surface area contributed by atoms with Gasteiger partial charge in [0.1, 0.15) is 11.6 Å². The lowest BCUT2D eigenvalue weighted by Gasteiger charge is -2.45. The van der Waals surface area contributed by atoms with E-state index in [-0.39, 0.29) is 24.1 Å². The summed E-state index contributed by atoms with van der Waals surface area (Å²) in [5, 5.41) is 2.30. The predicted octanol–water partition coefficient (Wildman–Crippen LogP) is 0.469. The molecule has 2 fully saturated rings. The zero-order chi connectivity index (χ0) is 15.8. The molecule has 0 aromatic carbocycles. The van der Waals surface area contributed by atoms with E-state index in [9.17, 15) is 18.0 Å². The van der Waals surface area contributed by atoms with Crippen LogP contribution in [0.5, 0.6) is 0 Å². The number of hydrogen-bond acceptors (Lipinski definition) is 4. The van der Waals surface area contributed by atoms with Gasteiger partial charge in [0.05, 0.1) is 11.0 Å². The smallest absolute Gasteiger partial charge is 0.249 e. The molecule has 7 heteroatoms. The lowest BCUT2D eigenvalue weighted by molar-refractivity contribution is -0.154. The van der Waals surface area contributed by atoms with Gasteiger partial charge in [-0.2, -0.15) is 0 Å². The summed E-state index contributed by atoms with van der Waals surface area (Å²) in [5.41, 5.74) is -0.883. The highest BCUT2D eigenvalue weighted by molar-refractivity contribution is 7.92. The molecular formula is C14H24N2O4S. The lowest BCUT2D eigenvalue weighted by Crippen LogP contribution is -2.70. The zero-order valence-corrected chi connectivity index (χ0v) is 13.7. The molecule has 2 atom stereocenters. The molecule has 1 N–H and O–H groups in total. The second-order valence-corrected chi connectivity index (χ2v) is 8.44. The summed E-state index contributed by atoms with van der Waals surface area (Å²) in [6, 6.07) is -0.612. The summed E-state index contributed by atoms with van der Waals surface area (Å²) in [5.74, 6) is -0.164. The fraction of sp³-hybridized carbons (Fsp3) is 0.857. The summed E-state index contributed by atoms with van der Waals surface area (Å²) >= 11 is 0. The maximum absolute atomic E-state index is 12.8. The Kier molecular flexibility index (Phi) is 4.33. The maximum atomic E-state index is 12.8. The van der Waals surface area contributed by atoms with Crippen LogP contribution in [0.1, 0.15) is 46.5 Å². The second kappa shape index (κ2) is 5.59. The molecule has 2 amide bonds. The number of carbonyl (C=O) groups is 2. The number of rotatable bonds is 4. The van der Waals surface area contributed by atoms with Crippen LogP contribution in [-0.2, 0) is 19.4 Å². The first kappa shape index (κ1) is 16.3. The average Bonchev–Trinajstić information content (AvgIpc) is 2.78. The van der Waals surface area contributed by atoms with E-state index < -0.39 is 26.7 Å². The molecule has 0 saturated carbocycles. The van der Waals surface area contributed by atoms with Crippen molar-refractivity contribution in [2.45, 2.75) is 63.3 Å². The fourth-order valence-electron chi connectivity index (χ4n) is 3.24. The minimum atomic E-state index is -3.13. The van der Waals surface area contributed by atoms with Crippen molar-refractivity contribution in [1.29, 1.82) is 0 Å². The fourth-order valence-corrected chi connectivity index (χ4v) is 5.05. The summed E-state index contributed by atoms with van der Waals surface area (Å²) in [7, 11) is -3.13. The Morgan fingerprint density at radius 2 is 1.90 bits per heavy atom. The predicted molar refractivity (Wildman–Crippen MR) is 79.4 cm³/mol. The summed E-state index contributed by atoms with van der Waals surface area (Å²) in [6.07, 6.45) is 2.23. The molecule has 0 aliphatic carbocycles. The van der Waals surface area contributed by atoms with Gasteiger partial charge in [-0.1, -0.05) is 13.8 Å². The Balaban J connectivity index is 2.27. The van der Waals surface area contributed by atoms with E-state index in [1.807, 2.05) is 13.8 Å². The van der Waals surface area contributed by atoms with Crippen molar-refractivity contribution in [1.82, 2.24) is 10.2 Å². The number of nitrogens with zero attached hydrogens (tertiary/aromatic N) is 1. The molecule has 0 bridgehead atoms. The number of nitrogens with one attached hydrogen (secondary N) is 1. The van der Waals surface area contributed by atoms with Crippen LogP contribution in [-0.4, -0.2) is 54.3 Å². The molecule has 0 spiro atoms. The molecule has 2 unspecified atom stereocenters. The molecular weight excluding hydrogens is 292 g/mol. The minimum absolute atomic E-state index is 0.136. The van der Waals surface area contributed by atoms with Gasteiger partial charge in [-0.05, 0) is 32.6 Å². The first-order chi connectivity index (χ1) is 9.77. The van der Waals surface area contributed by atoms with Crippen LogP contribution in [0.2, 0.25) is 0 Å². The van der Waals surface area contributed by atoms with Gasteiger partial charge in [0.25, 0.3) is 0 Å². The van der Waals surface area contributed by atoms with Crippen LogP contribution < -0.4 is 5.32 Å². The minimum Gasteiger partial charge on any atom is -0.340 e. The topological polar surface area (TPSA) is 83.6 Å². The first-order valence-corrected chi connectivity index (χ1v) is 9.33. The van der Waals surface area contributed by atoms with Gasteiger partial charge in [0, 0.05) is 6.54 Å². The second-order valence-electron chi connectivity index (χ2n) is 6.04. The van der Waals surface area contributed by atoms with Gasteiger partial charge >= 0.3 is 0 Å². The Hall–Kier alpha value is -1.11. The van der Waals surface area contributed by atoms with Crippen molar-refractivity contribution in [2.24, 2.45) is 0 Å². The summed E-state index contributed by atoms with van der Waals surface area (Å²) in [4.78, 5) is 26.4. The van der Waals surface area contributed by atoms with Gasteiger partial charge in [0.2, 0.25) is 11.8 Å². The molecule has 2 aliphatic rings. The van der Waals surface area contributed by atoms with E-state index in [4.69, 9.17) is 0 Å². The monoisotopic (exact) mass is 316 g/mol. The van der Waals surface area contributed by atoms with Gasteiger partial charge in [0.15, 0.2) is 9.84 Å². The summed E-state index contributed by atoms with van der Waals surface area (Å²) in [6.45, 7) is 5.52. The van der Waals surface area contributed by atoms with Crippen molar-refractivity contribution in [2.75, 3.05) is 12.3 Å². The number of amides is 2. The zero-order valence-electron chi connectivity index (χ0n) is 12.9. The first-order valence-electron chi connectivity index (χ1n) is 7.62. The third kappa shape index (κ3) is 2.67. The molecule has 6 nitrogen and oxygen atoms in total. The van der Waals surface area contributed by atoms with Gasteiger partial charge in [-0.25, -0.2) is 8.42 Å². The number of hydrogen-bond donors (Lipinski definition) is 1. The van der Waals surface area contributed by atoms with Crippen LogP contribution in [0.15, 0.2) is 0 Å². The number of carbonyl (C=O) groups excluding carboxylic acids is 2. The Bertz CT molecular complexity index is 539. The molecule has 0 radical (unpaired) electrons. The largest absolute Gasteiger partial charge is 0.340 e. The van der Waals surface area contributed by atoms with Crippen molar-refractivity contribution in [3.8, 4) is 0 Å². The quantitative estimate of drug-likeness (QED) is 0.817. The lowest BCUT2D eigenvalue weighted by atomic mass is 9.87. The highest BCUT2D eigenvalue weighted by Gasteiger charge is 2.48. The van der Waals surface area contributed by atoms with E-state index in [1.165, 1.54) is 4.90 Å². The Morgan fingerprint density at radius 1 is 1.29 bits per heavy atom. The van der Waals surface area contributed by atoms with Crippen LogP contribution in [0.25, 0.3) is 0 Å². The average molecular weight is 316 g/mol. The van der Waals surface area contributed by atoms with Gasteiger partial charge in [-0.3, -0.25) is 9.59 Å². The van der Waals surface area contributed by atoms with Gasteiger partial charge < -0.3 is 10.2 Å². The van der Waals surface area contributed by atoms with E-state index in [1.54, 1.807) is 6.92 Å². The highest BCUT2D eigenvalue weighted by atomic mass is 32.2. The Morgan fingerprint density at radius 3 is 2.38 bits per heavy atom. The molecule has 2 saturated heterocycles. The molecule has 0 aromatic heterocycles. The molecule has 21 heavy (non-hydrogen) atoms. The molecule has 120 valence electrons. The standard InChI is InChI=1S/C14H24N2O4S/c1-4-14(5-2)13(18)16(10(3)12(17)15-14)9-11-7-6-8-21(11,19)20/h10-11H,4-9H2,1-3H3,(H,15,17). The van der Waals surface area contributed by atoms with E-state index in [0.717, 1.165) is 0 Å². The SMILES string of the molecule is CCC1(CC)NC(=O)C(C)N(CC2CCCS2(=O)=O)C1=O. The van der Waals surface area contributed by atoms with E-state index >= 15 is 0 Å².